The summed E-state index contributed by atoms with van der Waals surface area (Å²) in [5.41, 5.74) is 0.172. The third-order valence-corrected chi connectivity index (χ3v) is 5.02. The number of alkyl halides is 4. The third kappa shape index (κ3) is 4.82. The van der Waals surface area contributed by atoms with Gasteiger partial charge < -0.3 is 15.5 Å². The molecule has 2 rings (SSSR count). The van der Waals surface area contributed by atoms with E-state index in [1.165, 1.54) is 22.2 Å². The van der Waals surface area contributed by atoms with Crippen molar-refractivity contribution in [2.24, 2.45) is 0 Å². The first kappa shape index (κ1) is 19.9. The van der Waals surface area contributed by atoms with E-state index in [4.69, 9.17) is 0 Å². The number of hydrogen-bond acceptors (Lipinski definition) is 2. The van der Waals surface area contributed by atoms with Crippen molar-refractivity contribution < 1.29 is 22.4 Å². The Morgan fingerprint density at radius 1 is 1.24 bits per heavy atom. The van der Waals surface area contributed by atoms with Gasteiger partial charge in [0.15, 0.2) is 0 Å². The molecular formula is C16H22F4N3OP. The lowest BCUT2D eigenvalue weighted by Crippen LogP contribution is -2.44. The summed E-state index contributed by atoms with van der Waals surface area (Å²) in [6, 6.07) is 3.04. The predicted octanol–water partition coefficient (Wildman–Crippen LogP) is 3.77. The molecule has 1 aliphatic heterocycles. The molecular weight excluding hydrogens is 357 g/mol. The van der Waals surface area contributed by atoms with Crippen molar-refractivity contribution in [3.05, 3.63) is 29.3 Å². The molecule has 9 heteroatoms. The number of urea groups is 1. The minimum Gasteiger partial charge on any atom is -0.335 e. The minimum atomic E-state index is -5.04. The predicted molar refractivity (Wildman–Crippen MR) is 92.4 cm³/mol. The molecule has 1 saturated heterocycles. The van der Waals surface area contributed by atoms with Gasteiger partial charge in [-0.15, -0.1) is 0 Å². The van der Waals surface area contributed by atoms with Crippen molar-refractivity contribution in [2.75, 3.05) is 25.5 Å². The Labute approximate surface area is 146 Å². The number of likely N-dealkylation sites (tertiary alicyclic amines) is 1. The number of nitrogens with zero attached hydrogens (tertiary/aromatic N) is 1. The summed E-state index contributed by atoms with van der Waals surface area (Å²) in [6.45, 7) is 3.30. The van der Waals surface area contributed by atoms with Gasteiger partial charge in [0, 0.05) is 17.3 Å². The van der Waals surface area contributed by atoms with Gasteiger partial charge in [-0.25, -0.2) is 9.18 Å². The number of hydrogen-bond donors (Lipinski definition) is 2. The van der Waals surface area contributed by atoms with Gasteiger partial charge in [0.1, 0.15) is 0 Å². The molecule has 2 atom stereocenters. The van der Waals surface area contributed by atoms with E-state index in [0.29, 0.717) is 11.3 Å². The summed E-state index contributed by atoms with van der Waals surface area (Å²) in [5, 5.41) is 1.94. The number of carbonyl (C=O) groups excluding carboxylic acids is 1. The van der Waals surface area contributed by atoms with Crippen LogP contribution in [0.1, 0.15) is 24.0 Å². The molecule has 1 aliphatic rings. The lowest BCUT2D eigenvalue weighted by atomic mass is 10.0. The molecule has 140 valence electrons. The Kier molecular flexibility index (Phi) is 5.94. The number of anilines is 1. The molecule has 0 bridgehead atoms. The van der Waals surface area contributed by atoms with Crippen LogP contribution in [-0.4, -0.2) is 43.3 Å². The first-order valence-electron chi connectivity index (χ1n) is 7.92. The molecule has 0 saturated carbocycles. The number of piperidine rings is 1. The van der Waals surface area contributed by atoms with Crippen LogP contribution >= 0.6 is 9.24 Å². The van der Waals surface area contributed by atoms with Crippen LogP contribution in [0.25, 0.3) is 0 Å². The zero-order valence-corrected chi connectivity index (χ0v) is 15.2. The van der Waals surface area contributed by atoms with Crippen LogP contribution in [-0.2, 0) is 5.41 Å². The van der Waals surface area contributed by atoms with Gasteiger partial charge in [0.2, 0.25) is 5.41 Å². The summed E-state index contributed by atoms with van der Waals surface area (Å²) in [7, 11) is 3.22. The average molecular weight is 379 g/mol. The van der Waals surface area contributed by atoms with Crippen LogP contribution in [0.4, 0.5) is 28.0 Å². The zero-order valence-electron chi connectivity index (χ0n) is 14.1. The van der Waals surface area contributed by atoms with Crippen LogP contribution in [0.3, 0.4) is 0 Å². The van der Waals surface area contributed by atoms with E-state index in [0.717, 1.165) is 38.1 Å². The molecule has 1 aromatic rings. The number of aryl methyl sites for hydroxylation is 1. The Morgan fingerprint density at radius 3 is 2.36 bits per heavy atom. The van der Waals surface area contributed by atoms with Crippen LogP contribution in [0.2, 0.25) is 0 Å². The molecule has 0 spiro atoms. The third-order valence-electron chi connectivity index (χ3n) is 4.36. The molecule has 1 heterocycles. The van der Waals surface area contributed by atoms with E-state index in [1.807, 2.05) is 7.05 Å². The second kappa shape index (κ2) is 7.46. The molecule has 0 aliphatic carbocycles. The van der Waals surface area contributed by atoms with Gasteiger partial charge in [0.25, 0.3) is 0 Å². The van der Waals surface area contributed by atoms with E-state index in [9.17, 15) is 22.4 Å². The van der Waals surface area contributed by atoms with Gasteiger partial charge in [-0.3, -0.25) is 0 Å². The zero-order chi connectivity index (χ0) is 18.8. The van der Waals surface area contributed by atoms with Gasteiger partial charge in [-0.1, -0.05) is 21.4 Å². The maximum absolute atomic E-state index is 14.0. The highest BCUT2D eigenvalue weighted by molar-refractivity contribution is 7.18. The number of amides is 2. The molecule has 0 radical (unpaired) electrons. The molecule has 2 amide bonds. The first-order valence-corrected chi connectivity index (χ1v) is 8.50. The first-order chi connectivity index (χ1) is 11.5. The van der Waals surface area contributed by atoms with Gasteiger partial charge in [-0.05, 0) is 51.5 Å². The quantitative estimate of drug-likeness (QED) is 0.620. The Morgan fingerprint density at radius 2 is 1.84 bits per heavy atom. The van der Waals surface area contributed by atoms with Gasteiger partial charge in [-0.2, -0.15) is 13.2 Å². The number of nitrogens with one attached hydrogen (secondary N) is 2. The number of benzene rings is 1. The average Bonchev–Trinajstić information content (AvgIpc) is 2.50. The second-order valence-corrected chi connectivity index (χ2v) is 7.21. The summed E-state index contributed by atoms with van der Waals surface area (Å²) < 4.78 is 52.3. The number of carbonyl (C=O) groups is 1. The Bertz CT molecular complexity index is 628. The van der Waals surface area contributed by atoms with Crippen molar-refractivity contribution in [3.63, 3.8) is 0 Å². The van der Waals surface area contributed by atoms with E-state index in [2.05, 4.69) is 15.5 Å². The smallest absolute Gasteiger partial charge is 0.335 e. The number of rotatable bonds is 3. The van der Waals surface area contributed by atoms with Crippen molar-refractivity contribution in [1.29, 1.82) is 0 Å². The van der Waals surface area contributed by atoms with E-state index in [1.54, 1.807) is 0 Å². The standard InChI is InChI=1S/C16H22F4N3OP/c1-10-9-11(15(17,25)16(18,19)20)3-4-13(10)22-14(24)21-12-5-7-23(2)8-6-12/h3-4,9,12H,5-8,25H2,1-2H3,(H2,21,22,24). The molecule has 25 heavy (non-hydrogen) atoms. The highest BCUT2D eigenvalue weighted by atomic mass is 31.0. The van der Waals surface area contributed by atoms with Crippen molar-refractivity contribution in [2.45, 2.75) is 37.4 Å². The lowest BCUT2D eigenvalue weighted by molar-refractivity contribution is -0.199. The normalized spacial score (nSPS) is 19.3. The number of halogens is 4. The van der Waals surface area contributed by atoms with Crippen molar-refractivity contribution in [1.82, 2.24) is 10.2 Å². The fourth-order valence-corrected chi connectivity index (χ4v) is 2.87. The molecule has 4 nitrogen and oxygen atoms in total. The van der Waals surface area contributed by atoms with Crippen LogP contribution < -0.4 is 10.6 Å². The highest BCUT2D eigenvalue weighted by Crippen LogP contribution is 2.48. The van der Waals surface area contributed by atoms with E-state index < -0.39 is 23.2 Å². The van der Waals surface area contributed by atoms with E-state index in [-0.39, 0.29) is 6.04 Å². The Balaban J connectivity index is 2.02. The maximum Gasteiger partial charge on any atom is 0.430 e. The van der Waals surface area contributed by atoms with Crippen LogP contribution in [0, 0.1) is 6.92 Å². The molecule has 1 fully saturated rings. The van der Waals surface area contributed by atoms with Crippen LogP contribution in [0.5, 0.6) is 0 Å². The van der Waals surface area contributed by atoms with Gasteiger partial charge >= 0.3 is 12.2 Å². The largest absolute Gasteiger partial charge is 0.430 e. The molecule has 2 N–H and O–H groups in total. The fraction of sp³-hybridized carbons (Fsp3) is 0.562. The van der Waals surface area contributed by atoms with Crippen molar-refractivity contribution >= 4 is 21.0 Å². The summed E-state index contributed by atoms with van der Waals surface area (Å²) in [4.78, 5) is 14.2. The molecule has 0 aromatic heterocycles. The highest BCUT2D eigenvalue weighted by Gasteiger charge is 2.53. The molecule has 2 unspecified atom stereocenters. The SMILES string of the molecule is Cc1cc(C(F)(P)C(F)(F)F)ccc1NC(=O)NC1CCN(C)CC1. The summed E-state index contributed by atoms with van der Waals surface area (Å²) in [5.74, 6) is 0. The lowest BCUT2D eigenvalue weighted by Gasteiger charge is -2.29. The topological polar surface area (TPSA) is 44.4 Å². The summed E-state index contributed by atoms with van der Waals surface area (Å²) >= 11 is 0. The monoisotopic (exact) mass is 379 g/mol. The van der Waals surface area contributed by atoms with Crippen molar-refractivity contribution in [3.8, 4) is 0 Å². The maximum atomic E-state index is 14.0. The Hall–Kier alpha value is -1.40. The van der Waals surface area contributed by atoms with Crippen LogP contribution in [0.15, 0.2) is 18.2 Å². The fourth-order valence-electron chi connectivity index (χ4n) is 2.69. The molecule has 1 aromatic carbocycles. The van der Waals surface area contributed by atoms with E-state index >= 15 is 0 Å². The second-order valence-electron chi connectivity index (χ2n) is 6.42. The van der Waals surface area contributed by atoms with Gasteiger partial charge in [0.05, 0.1) is 0 Å². The minimum absolute atomic E-state index is 0.0616. The summed E-state index contributed by atoms with van der Waals surface area (Å²) in [6.07, 6.45) is -3.36.